The summed E-state index contributed by atoms with van der Waals surface area (Å²) in [6.07, 6.45) is 2.17. The molecule has 2 nitrogen and oxygen atoms in total. The third-order valence-corrected chi connectivity index (χ3v) is 2.90. The smallest absolute Gasteiger partial charge is 0.0593 e. The van der Waals surface area contributed by atoms with Crippen LogP contribution in [0.25, 0.3) is 0 Å². The number of hydrogen-bond acceptors (Lipinski definition) is 3. The second kappa shape index (κ2) is 5.23. The Morgan fingerprint density at radius 1 is 1.46 bits per heavy atom. The van der Waals surface area contributed by atoms with E-state index < -0.39 is 0 Å². The molecule has 1 rings (SSSR count). The third-order valence-electron chi connectivity index (χ3n) is 2.31. The molecule has 0 aromatic rings. The molecule has 0 spiro atoms. The molecule has 0 amide bonds. The molecule has 0 radical (unpaired) electrons. The van der Waals surface area contributed by atoms with Gasteiger partial charge in [0.1, 0.15) is 0 Å². The van der Waals surface area contributed by atoms with E-state index in [-0.39, 0.29) is 0 Å². The van der Waals surface area contributed by atoms with Crippen molar-refractivity contribution in [1.82, 2.24) is 4.90 Å². The number of nitrogens with zero attached hydrogens (tertiary/aromatic N) is 1. The maximum Gasteiger partial charge on any atom is 0.0593 e. The van der Waals surface area contributed by atoms with Gasteiger partial charge in [0.05, 0.1) is 13.2 Å². The van der Waals surface area contributed by atoms with Gasteiger partial charge in [-0.25, -0.2) is 0 Å². The van der Waals surface area contributed by atoms with Crippen LogP contribution in [0.2, 0.25) is 0 Å². The van der Waals surface area contributed by atoms with E-state index in [0.29, 0.717) is 5.41 Å². The zero-order valence-electron chi connectivity index (χ0n) is 9.01. The molecule has 1 fully saturated rings. The van der Waals surface area contributed by atoms with Crippen LogP contribution in [0.15, 0.2) is 0 Å². The highest BCUT2D eigenvalue weighted by Crippen LogP contribution is 2.20. The summed E-state index contributed by atoms with van der Waals surface area (Å²) in [5.74, 6) is 1.23. The predicted octanol–water partition coefficient (Wildman–Crippen LogP) is 1.71. The van der Waals surface area contributed by atoms with Crippen molar-refractivity contribution < 1.29 is 4.74 Å². The summed E-state index contributed by atoms with van der Waals surface area (Å²) in [5, 5.41) is 0. The van der Waals surface area contributed by atoms with Crippen LogP contribution in [-0.2, 0) is 4.74 Å². The first-order valence-corrected chi connectivity index (χ1v) is 6.32. The van der Waals surface area contributed by atoms with Crippen LogP contribution in [0.4, 0.5) is 0 Å². The van der Waals surface area contributed by atoms with Crippen molar-refractivity contribution in [2.24, 2.45) is 5.41 Å². The van der Waals surface area contributed by atoms with Crippen molar-refractivity contribution >= 4 is 11.8 Å². The molecule has 13 heavy (non-hydrogen) atoms. The van der Waals surface area contributed by atoms with Crippen LogP contribution in [0.5, 0.6) is 0 Å². The monoisotopic (exact) mass is 203 g/mol. The van der Waals surface area contributed by atoms with E-state index >= 15 is 0 Å². The van der Waals surface area contributed by atoms with E-state index in [9.17, 15) is 0 Å². The molecule has 0 aliphatic carbocycles. The van der Waals surface area contributed by atoms with Crippen LogP contribution < -0.4 is 0 Å². The average molecular weight is 203 g/mol. The Morgan fingerprint density at radius 3 is 2.92 bits per heavy atom. The van der Waals surface area contributed by atoms with Gasteiger partial charge in [-0.05, 0) is 6.26 Å². The van der Waals surface area contributed by atoms with Crippen LogP contribution in [0.3, 0.4) is 0 Å². The van der Waals surface area contributed by atoms with Crippen LogP contribution in [-0.4, -0.2) is 49.8 Å². The van der Waals surface area contributed by atoms with Crippen molar-refractivity contribution in [1.29, 1.82) is 0 Å². The molecule has 1 aliphatic rings. The zero-order chi connectivity index (χ0) is 9.73. The van der Waals surface area contributed by atoms with E-state index in [1.54, 1.807) is 0 Å². The van der Waals surface area contributed by atoms with E-state index in [1.807, 2.05) is 11.8 Å². The Bertz CT molecular complexity index is 150. The van der Waals surface area contributed by atoms with Gasteiger partial charge in [0.2, 0.25) is 0 Å². The zero-order valence-corrected chi connectivity index (χ0v) is 9.82. The highest BCUT2D eigenvalue weighted by molar-refractivity contribution is 7.98. The fourth-order valence-electron chi connectivity index (χ4n) is 1.68. The summed E-state index contributed by atoms with van der Waals surface area (Å²) < 4.78 is 5.57. The van der Waals surface area contributed by atoms with E-state index in [0.717, 1.165) is 19.8 Å². The summed E-state index contributed by atoms with van der Waals surface area (Å²) in [5.41, 5.74) is 0.328. The second-order valence-electron chi connectivity index (χ2n) is 4.49. The van der Waals surface area contributed by atoms with E-state index in [4.69, 9.17) is 4.74 Å². The molecule has 0 atom stereocenters. The summed E-state index contributed by atoms with van der Waals surface area (Å²) in [6.45, 7) is 9.85. The Balaban J connectivity index is 2.36. The normalized spacial score (nSPS) is 24.2. The minimum atomic E-state index is 0.328. The molecule has 0 saturated carbocycles. The molecular weight excluding hydrogens is 182 g/mol. The minimum Gasteiger partial charge on any atom is -0.380 e. The number of ether oxygens (including phenoxy) is 1. The van der Waals surface area contributed by atoms with Gasteiger partial charge < -0.3 is 4.74 Å². The SMILES string of the molecule is CSCCN1CCOCC(C)(C)C1. The molecule has 0 N–H and O–H groups in total. The van der Waals surface area contributed by atoms with Gasteiger partial charge in [0.25, 0.3) is 0 Å². The number of hydrogen-bond donors (Lipinski definition) is 0. The Morgan fingerprint density at radius 2 is 2.23 bits per heavy atom. The first-order chi connectivity index (χ1) is 6.14. The lowest BCUT2D eigenvalue weighted by Crippen LogP contribution is -2.35. The lowest BCUT2D eigenvalue weighted by molar-refractivity contribution is 0.0888. The largest absolute Gasteiger partial charge is 0.380 e. The molecule has 78 valence electrons. The van der Waals surface area contributed by atoms with Gasteiger partial charge in [-0.3, -0.25) is 4.90 Å². The van der Waals surface area contributed by atoms with Crippen molar-refractivity contribution in [3.8, 4) is 0 Å². The summed E-state index contributed by atoms with van der Waals surface area (Å²) in [6, 6.07) is 0. The topological polar surface area (TPSA) is 12.5 Å². The summed E-state index contributed by atoms with van der Waals surface area (Å²) >= 11 is 1.92. The molecule has 1 saturated heterocycles. The number of rotatable bonds is 3. The molecule has 0 bridgehead atoms. The Kier molecular flexibility index (Phi) is 4.56. The molecule has 0 unspecified atom stereocenters. The first kappa shape index (κ1) is 11.3. The maximum absolute atomic E-state index is 5.57. The Hall–Kier alpha value is 0.270. The standard InChI is InChI=1S/C10H21NOS/c1-10(2)8-11(5-7-13-3)4-6-12-9-10/h4-9H2,1-3H3. The quantitative estimate of drug-likeness (QED) is 0.693. The Labute approximate surface area is 86.0 Å². The van der Waals surface area contributed by atoms with Crippen molar-refractivity contribution in [3.05, 3.63) is 0 Å². The summed E-state index contributed by atoms with van der Waals surface area (Å²) in [7, 11) is 0. The van der Waals surface area contributed by atoms with Crippen LogP contribution in [0, 0.1) is 5.41 Å². The molecular formula is C10H21NOS. The summed E-state index contributed by atoms with van der Waals surface area (Å²) in [4.78, 5) is 2.52. The third kappa shape index (κ3) is 4.34. The molecule has 1 heterocycles. The van der Waals surface area contributed by atoms with Crippen LogP contribution >= 0.6 is 11.8 Å². The highest BCUT2D eigenvalue weighted by atomic mass is 32.2. The van der Waals surface area contributed by atoms with Gasteiger partial charge in [-0.1, -0.05) is 13.8 Å². The molecule has 1 aliphatic heterocycles. The average Bonchev–Trinajstić information content (AvgIpc) is 2.22. The van der Waals surface area contributed by atoms with Crippen LogP contribution in [0.1, 0.15) is 13.8 Å². The van der Waals surface area contributed by atoms with Gasteiger partial charge in [0.15, 0.2) is 0 Å². The van der Waals surface area contributed by atoms with Gasteiger partial charge in [-0.2, -0.15) is 11.8 Å². The lowest BCUT2D eigenvalue weighted by Gasteiger charge is -2.27. The molecule has 0 aromatic carbocycles. The van der Waals surface area contributed by atoms with Gasteiger partial charge in [-0.15, -0.1) is 0 Å². The highest BCUT2D eigenvalue weighted by Gasteiger charge is 2.24. The second-order valence-corrected chi connectivity index (χ2v) is 5.47. The van der Waals surface area contributed by atoms with Crippen molar-refractivity contribution in [3.63, 3.8) is 0 Å². The minimum absolute atomic E-state index is 0.328. The maximum atomic E-state index is 5.57. The molecule has 0 aromatic heterocycles. The van der Waals surface area contributed by atoms with Gasteiger partial charge in [0, 0.05) is 30.8 Å². The van der Waals surface area contributed by atoms with Crippen molar-refractivity contribution in [2.45, 2.75) is 13.8 Å². The van der Waals surface area contributed by atoms with E-state index in [2.05, 4.69) is 25.0 Å². The molecule has 3 heteroatoms. The fourth-order valence-corrected chi connectivity index (χ4v) is 2.12. The number of thioether (sulfide) groups is 1. The van der Waals surface area contributed by atoms with E-state index in [1.165, 1.54) is 18.8 Å². The van der Waals surface area contributed by atoms with Gasteiger partial charge >= 0.3 is 0 Å². The predicted molar refractivity (Wildman–Crippen MR) is 59.4 cm³/mol. The lowest BCUT2D eigenvalue weighted by atomic mass is 9.94. The first-order valence-electron chi connectivity index (χ1n) is 4.93. The fraction of sp³-hybridized carbons (Fsp3) is 1.00. The van der Waals surface area contributed by atoms with Crippen molar-refractivity contribution in [2.75, 3.05) is 44.9 Å².